The minimum Gasteiger partial charge on any atom is -0.508 e. The van der Waals surface area contributed by atoms with Crippen LogP contribution in [0.1, 0.15) is 18.2 Å². The molecule has 0 unspecified atom stereocenters. The molecule has 1 N–H and O–H groups in total. The summed E-state index contributed by atoms with van der Waals surface area (Å²) < 4.78 is 10.3. The molecule has 1 heterocycles. The number of carbonyl (C=O) groups excluding carboxylic acids is 1. The predicted octanol–water partition coefficient (Wildman–Crippen LogP) is 3.02. The van der Waals surface area contributed by atoms with E-state index in [9.17, 15) is 9.90 Å². The SMILES string of the molecule is CCOC(=O)/C=C/c1c(C)oc2ccc(O)cc12. The van der Waals surface area contributed by atoms with Gasteiger partial charge < -0.3 is 14.3 Å². The number of ether oxygens (including phenoxy) is 1. The highest BCUT2D eigenvalue weighted by molar-refractivity contribution is 5.94. The summed E-state index contributed by atoms with van der Waals surface area (Å²) in [5, 5.41) is 10.2. The molecular formula is C14H14O4. The number of esters is 1. The number of furan rings is 1. The largest absolute Gasteiger partial charge is 0.508 e. The molecule has 2 rings (SSSR count). The van der Waals surface area contributed by atoms with Crippen molar-refractivity contribution in [3.05, 3.63) is 35.6 Å². The topological polar surface area (TPSA) is 59.7 Å². The van der Waals surface area contributed by atoms with Gasteiger partial charge >= 0.3 is 5.97 Å². The Morgan fingerprint density at radius 1 is 1.50 bits per heavy atom. The molecule has 94 valence electrons. The maximum absolute atomic E-state index is 11.3. The highest BCUT2D eigenvalue weighted by Gasteiger charge is 2.09. The van der Waals surface area contributed by atoms with Crippen molar-refractivity contribution in [2.24, 2.45) is 0 Å². The molecule has 0 fully saturated rings. The Bertz CT molecular complexity index is 608. The zero-order valence-electron chi connectivity index (χ0n) is 10.3. The van der Waals surface area contributed by atoms with Crippen molar-refractivity contribution in [2.45, 2.75) is 13.8 Å². The van der Waals surface area contributed by atoms with Crippen molar-refractivity contribution in [3.8, 4) is 5.75 Å². The van der Waals surface area contributed by atoms with Crippen LogP contribution in [-0.4, -0.2) is 17.7 Å². The lowest BCUT2D eigenvalue weighted by molar-refractivity contribution is -0.137. The van der Waals surface area contributed by atoms with Crippen molar-refractivity contribution >= 4 is 23.0 Å². The Balaban J connectivity index is 2.41. The number of hydrogen-bond acceptors (Lipinski definition) is 4. The van der Waals surface area contributed by atoms with Gasteiger partial charge in [0.25, 0.3) is 0 Å². The van der Waals surface area contributed by atoms with Crippen LogP contribution >= 0.6 is 0 Å². The molecule has 0 aliphatic rings. The molecule has 2 aromatic rings. The highest BCUT2D eigenvalue weighted by atomic mass is 16.5. The fourth-order valence-electron chi connectivity index (χ4n) is 1.78. The third kappa shape index (κ3) is 2.37. The van der Waals surface area contributed by atoms with Crippen LogP contribution in [0.2, 0.25) is 0 Å². The summed E-state index contributed by atoms with van der Waals surface area (Å²) in [5.41, 5.74) is 1.45. The number of carbonyl (C=O) groups is 1. The maximum Gasteiger partial charge on any atom is 0.330 e. The number of aryl methyl sites for hydroxylation is 1. The Morgan fingerprint density at radius 2 is 2.28 bits per heavy atom. The van der Waals surface area contributed by atoms with E-state index in [4.69, 9.17) is 9.15 Å². The quantitative estimate of drug-likeness (QED) is 0.668. The first-order chi connectivity index (χ1) is 8.61. The molecule has 0 atom stereocenters. The summed E-state index contributed by atoms with van der Waals surface area (Å²) in [4.78, 5) is 11.3. The summed E-state index contributed by atoms with van der Waals surface area (Å²) >= 11 is 0. The van der Waals surface area contributed by atoms with Crippen LogP contribution in [0, 0.1) is 6.92 Å². The number of phenolic OH excluding ortho intramolecular Hbond substituents is 1. The summed E-state index contributed by atoms with van der Waals surface area (Å²) in [6, 6.07) is 4.86. The third-order valence-electron chi connectivity index (χ3n) is 2.57. The van der Waals surface area contributed by atoms with Gasteiger partial charge in [0.2, 0.25) is 0 Å². The van der Waals surface area contributed by atoms with E-state index in [1.165, 1.54) is 6.08 Å². The lowest BCUT2D eigenvalue weighted by atomic mass is 10.1. The second-order valence-electron chi connectivity index (χ2n) is 3.84. The molecule has 0 aliphatic carbocycles. The average Bonchev–Trinajstić information content (AvgIpc) is 2.62. The van der Waals surface area contributed by atoms with Gasteiger partial charge in [-0.1, -0.05) is 0 Å². The second kappa shape index (κ2) is 4.96. The van der Waals surface area contributed by atoms with Gasteiger partial charge in [-0.3, -0.25) is 0 Å². The Hall–Kier alpha value is -2.23. The van der Waals surface area contributed by atoms with Crippen LogP contribution in [0.3, 0.4) is 0 Å². The third-order valence-corrected chi connectivity index (χ3v) is 2.57. The van der Waals surface area contributed by atoms with Gasteiger partial charge in [-0.15, -0.1) is 0 Å². The molecule has 0 amide bonds. The van der Waals surface area contributed by atoms with E-state index in [2.05, 4.69) is 0 Å². The number of fused-ring (bicyclic) bond motifs is 1. The van der Waals surface area contributed by atoms with Crippen molar-refractivity contribution in [2.75, 3.05) is 6.61 Å². The van der Waals surface area contributed by atoms with Crippen LogP contribution in [0.25, 0.3) is 17.0 Å². The fourth-order valence-corrected chi connectivity index (χ4v) is 1.78. The zero-order valence-corrected chi connectivity index (χ0v) is 10.3. The molecule has 0 spiro atoms. The monoisotopic (exact) mass is 246 g/mol. The molecule has 4 heteroatoms. The number of hydrogen-bond donors (Lipinski definition) is 1. The van der Waals surface area contributed by atoms with Crippen LogP contribution in [0.4, 0.5) is 0 Å². The van der Waals surface area contributed by atoms with Gasteiger partial charge in [-0.05, 0) is 38.1 Å². The normalized spacial score (nSPS) is 11.2. The van der Waals surface area contributed by atoms with E-state index in [1.807, 2.05) is 6.92 Å². The Kier molecular flexibility index (Phi) is 3.37. The maximum atomic E-state index is 11.3. The highest BCUT2D eigenvalue weighted by Crippen LogP contribution is 2.29. The molecule has 0 radical (unpaired) electrons. The molecule has 4 nitrogen and oxygen atoms in total. The summed E-state index contributed by atoms with van der Waals surface area (Å²) in [5.74, 6) is 0.455. The van der Waals surface area contributed by atoms with Crippen molar-refractivity contribution < 1.29 is 19.1 Å². The van der Waals surface area contributed by atoms with Gasteiger partial charge in [0.1, 0.15) is 17.1 Å². The van der Waals surface area contributed by atoms with Gasteiger partial charge in [-0.2, -0.15) is 0 Å². The van der Waals surface area contributed by atoms with E-state index >= 15 is 0 Å². The van der Waals surface area contributed by atoms with Crippen LogP contribution < -0.4 is 0 Å². The Labute approximate surface area is 104 Å². The van der Waals surface area contributed by atoms with E-state index in [0.29, 0.717) is 18.0 Å². The first-order valence-corrected chi connectivity index (χ1v) is 5.68. The molecule has 1 aromatic carbocycles. The fraction of sp³-hybridized carbons (Fsp3) is 0.214. The average molecular weight is 246 g/mol. The second-order valence-corrected chi connectivity index (χ2v) is 3.84. The van der Waals surface area contributed by atoms with Crippen LogP contribution in [0.15, 0.2) is 28.7 Å². The van der Waals surface area contributed by atoms with E-state index in [-0.39, 0.29) is 5.75 Å². The van der Waals surface area contributed by atoms with Crippen LogP contribution in [-0.2, 0) is 9.53 Å². The first-order valence-electron chi connectivity index (χ1n) is 5.68. The smallest absolute Gasteiger partial charge is 0.330 e. The molecular weight excluding hydrogens is 232 g/mol. The number of phenols is 1. The number of rotatable bonds is 3. The van der Waals surface area contributed by atoms with Gasteiger partial charge in [0, 0.05) is 17.0 Å². The molecule has 0 aliphatic heterocycles. The van der Waals surface area contributed by atoms with Crippen molar-refractivity contribution in [1.82, 2.24) is 0 Å². The van der Waals surface area contributed by atoms with Crippen molar-refractivity contribution in [1.29, 1.82) is 0 Å². The molecule has 0 bridgehead atoms. The number of benzene rings is 1. The van der Waals surface area contributed by atoms with E-state index < -0.39 is 5.97 Å². The zero-order chi connectivity index (χ0) is 13.1. The molecule has 0 saturated heterocycles. The lowest BCUT2D eigenvalue weighted by Gasteiger charge is -1.95. The van der Waals surface area contributed by atoms with E-state index in [0.717, 1.165) is 10.9 Å². The van der Waals surface area contributed by atoms with Gasteiger partial charge in [0.15, 0.2) is 0 Å². The van der Waals surface area contributed by atoms with Crippen molar-refractivity contribution in [3.63, 3.8) is 0 Å². The predicted molar refractivity (Wildman–Crippen MR) is 68.3 cm³/mol. The Morgan fingerprint density at radius 3 is 3.00 bits per heavy atom. The minimum absolute atomic E-state index is 0.161. The summed E-state index contributed by atoms with van der Waals surface area (Å²) in [6.07, 6.45) is 2.99. The summed E-state index contributed by atoms with van der Waals surface area (Å²) in [6.45, 7) is 3.90. The lowest BCUT2D eigenvalue weighted by Crippen LogP contribution is -1.98. The molecule has 0 saturated carbocycles. The van der Waals surface area contributed by atoms with E-state index in [1.54, 1.807) is 31.2 Å². The van der Waals surface area contributed by atoms with Crippen LogP contribution in [0.5, 0.6) is 5.75 Å². The molecule has 18 heavy (non-hydrogen) atoms. The molecule has 1 aromatic heterocycles. The van der Waals surface area contributed by atoms with Gasteiger partial charge in [0.05, 0.1) is 6.61 Å². The first kappa shape index (κ1) is 12.2. The standard InChI is InChI=1S/C14H14O4/c1-3-17-14(16)7-5-11-9(2)18-13-6-4-10(15)8-12(11)13/h4-8,15H,3H2,1-2H3/b7-5+. The minimum atomic E-state index is -0.397. The number of aromatic hydroxyl groups is 1. The van der Waals surface area contributed by atoms with Gasteiger partial charge in [-0.25, -0.2) is 4.79 Å². The summed E-state index contributed by atoms with van der Waals surface area (Å²) in [7, 11) is 0.